The first-order chi connectivity index (χ1) is 11.0. The lowest BCUT2D eigenvalue weighted by Gasteiger charge is -2.25. The van der Waals surface area contributed by atoms with E-state index in [9.17, 15) is 14.4 Å². The molecule has 124 valence electrons. The maximum atomic E-state index is 12.2. The van der Waals surface area contributed by atoms with Crippen molar-refractivity contribution < 1.29 is 19.5 Å². The van der Waals surface area contributed by atoms with Crippen molar-refractivity contribution in [3.63, 3.8) is 0 Å². The van der Waals surface area contributed by atoms with Crippen molar-refractivity contribution in [2.75, 3.05) is 12.0 Å². The molecule has 1 heterocycles. The number of amides is 3. The summed E-state index contributed by atoms with van der Waals surface area (Å²) in [6.07, 6.45) is 1.23. The van der Waals surface area contributed by atoms with E-state index in [1.165, 1.54) is 11.8 Å². The van der Waals surface area contributed by atoms with Crippen LogP contribution in [0.3, 0.4) is 0 Å². The van der Waals surface area contributed by atoms with Crippen molar-refractivity contribution in [2.45, 2.75) is 31.8 Å². The van der Waals surface area contributed by atoms with E-state index in [4.69, 9.17) is 5.11 Å². The molecule has 8 heteroatoms. The summed E-state index contributed by atoms with van der Waals surface area (Å²) in [6, 6.07) is 6.95. The number of anilines is 1. The lowest BCUT2D eigenvalue weighted by molar-refractivity contribution is -0.138. The van der Waals surface area contributed by atoms with Crippen molar-refractivity contribution in [1.29, 1.82) is 0 Å². The molecule has 1 saturated heterocycles. The molecule has 3 amide bonds. The first-order valence-corrected chi connectivity index (χ1v) is 7.40. The predicted octanol–water partition coefficient (Wildman–Crippen LogP) is 0.777. The zero-order valence-corrected chi connectivity index (χ0v) is 12.8. The second kappa shape index (κ2) is 7.48. The largest absolute Gasteiger partial charge is 0.480 e. The summed E-state index contributed by atoms with van der Waals surface area (Å²) >= 11 is 0. The second-order valence-electron chi connectivity index (χ2n) is 5.34. The summed E-state index contributed by atoms with van der Waals surface area (Å²) in [5, 5.41) is 11.2. The summed E-state index contributed by atoms with van der Waals surface area (Å²) in [6.45, 7) is 1.80. The Morgan fingerprint density at radius 3 is 2.61 bits per heavy atom. The highest BCUT2D eigenvalue weighted by Gasteiger charge is 2.35. The third kappa shape index (κ3) is 4.35. The number of hydrogen-bond acceptors (Lipinski definition) is 4. The van der Waals surface area contributed by atoms with E-state index in [1.54, 1.807) is 12.1 Å². The maximum Gasteiger partial charge on any atom is 0.325 e. The molecule has 2 rings (SSSR count). The molecule has 2 atom stereocenters. The summed E-state index contributed by atoms with van der Waals surface area (Å²) in [5.74, 6) is -1.45. The minimum atomic E-state index is -1.12. The van der Waals surface area contributed by atoms with Gasteiger partial charge in [0.05, 0.1) is 5.69 Å². The van der Waals surface area contributed by atoms with Gasteiger partial charge in [0.15, 0.2) is 0 Å². The Morgan fingerprint density at radius 2 is 1.96 bits per heavy atom. The van der Waals surface area contributed by atoms with Crippen LogP contribution >= 0.6 is 0 Å². The van der Waals surface area contributed by atoms with Crippen molar-refractivity contribution in [3.05, 3.63) is 30.3 Å². The Hall–Kier alpha value is -2.77. The molecule has 1 aromatic carbocycles. The minimum Gasteiger partial charge on any atom is -0.480 e. The number of hydrogen-bond donors (Lipinski definition) is 4. The molecule has 1 aliphatic heterocycles. The van der Waals surface area contributed by atoms with Crippen LogP contribution in [-0.4, -0.2) is 46.5 Å². The first kappa shape index (κ1) is 16.6. The standard InChI is InChI=1S/C15H20N4O4/c1-10(14(21)22)16-15(23)19-9-5-8-12(19)13(20)18-17-11-6-3-2-4-7-11/h2-4,6-7,10,12,17H,5,8-9H2,1H3,(H,16,23)(H,18,20)(H,21,22). The van der Waals surface area contributed by atoms with E-state index in [0.717, 1.165) is 5.69 Å². The van der Waals surface area contributed by atoms with E-state index in [2.05, 4.69) is 16.2 Å². The van der Waals surface area contributed by atoms with Gasteiger partial charge in [0, 0.05) is 6.54 Å². The molecule has 0 aromatic heterocycles. The van der Waals surface area contributed by atoms with Crippen LogP contribution in [0.2, 0.25) is 0 Å². The van der Waals surface area contributed by atoms with Gasteiger partial charge in [0.1, 0.15) is 12.1 Å². The lowest BCUT2D eigenvalue weighted by atomic mass is 10.2. The summed E-state index contributed by atoms with van der Waals surface area (Å²) in [5.41, 5.74) is 6.09. The zero-order valence-electron chi connectivity index (χ0n) is 12.8. The quantitative estimate of drug-likeness (QED) is 0.599. The van der Waals surface area contributed by atoms with Crippen LogP contribution in [0.1, 0.15) is 19.8 Å². The number of nitrogens with one attached hydrogen (secondary N) is 3. The van der Waals surface area contributed by atoms with Crippen molar-refractivity contribution in [1.82, 2.24) is 15.6 Å². The number of para-hydroxylation sites is 1. The molecule has 1 aliphatic rings. The van der Waals surface area contributed by atoms with Gasteiger partial charge >= 0.3 is 12.0 Å². The topological polar surface area (TPSA) is 111 Å². The van der Waals surface area contributed by atoms with Crippen LogP contribution in [0.25, 0.3) is 0 Å². The zero-order chi connectivity index (χ0) is 16.8. The molecule has 0 bridgehead atoms. The number of rotatable bonds is 5. The Morgan fingerprint density at radius 1 is 1.26 bits per heavy atom. The van der Waals surface area contributed by atoms with Crippen molar-refractivity contribution in [3.8, 4) is 0 Å². The number of carboxylic acids is 1. The number of likely N-dealkylation sites (tertiary alicyclic amines) is 1. The molecule has 23 heavy (non-hydrogen) atoms. The van der Waals surface area contributed by atoms with Crippen LogP contribution in [0, 0.1) is 0 Å². The predicted molar refractivity (Wildman–Crippen MR) is 83.6 cm³/mol. The van der Waals surface area contributed by atoms with Gasteiger partial charge in [-0.25, -0.2) is 4.79 Å². The van der Waals surface area contributed by atoms with Crippen LogP contribution in [0.5, 0.6) is 0 Å². The molecule has 2 unspecified atom stereocenters. The first-order valence-electron chi connectivity index (χ1n) is 7.40. The monoisotopic (exact) mass is 320 g/mol. The molecular weight excluding hydrogens is 300 g/mol. The Labute approximate surface area is 133 Å². The third-order valence-corrected chi connectivity index (χ3v) is 3.63. The van der Waals surface area contributed by atoms with Crippen LogP contribution < -0.4 is 16.2 Å². The van der Waals surface area contributed by atoms with Crippen LogP contribution in [0.15, 0.2) is 30.3 Å². The smallest absolute Gasteiger partial charge is 0.325 e. The summed E-state index contributed by atoms with van der Waals surface area (Å²) in [4.78, 5) is 36.5. The highest BCUT2D eigenvalue weighted by atomic mass is 16.4. The summed E-state index contributed by atoms with van der Waals surface area (Å²) < 4.78 is 0. The van der Waals surface area contributed by atoms with Gasteiger partial charge in [0.25, 0.3) is 5.91 Å². The maximum absolute atomic E-state index is 12.2. The van der Waals surface area contributed by atoms with Gasteiger partial charge in [0.2, 0.25) is 0 Å². The molecule has 4 N–H and O–H groups in total. The lowest BCUT2D eigenvalue weighted by Crippen LogP contribution is -2.53. The normalized spacial score (nSPS) is 18.1. The van der Waals surface area contributed by atoms with Gasteiger partial charge in [-0.05, 0) is 31.9 Å². The minimum absolute atomic E-state index is 0.329. The second-order valence-corrected chi connectivity index (χ2v) is 5.34. The molecular formula is C15H20N4O4. The molecule has 0 radical (unpaired) electrons. The number of urea groups is 1. The van der Waals surface area contributed by atoms with Gasteiger partial charge in [-0.15, -0.1) is 0 Å². The number of benzene rings is 1. The van der Waals surface area contributed by atoms with E-state index >= 15 is 0 Å². The molecule has 0 saturated carbocycles. The molecule has 8 nitrogen and oxygen atoms in total. The average molecular weight is 320 g/mol. The van der Waals surface area contributed by atoms with Gasteiger partial charge < -0.3 is 15.3 Å². The summed E-state index contributed by atoms with van der Waals surface area (Å²) in [7, 11) is 0. The fourth-order valence-electron chi connectivity index (χ4n) is 2.35. The highest BCUT2D eigenvalue weighted by molar-refractivity contribution is 5.89. The number of nitrogens with zero attached hydrogens (tertiary/aromatic N) is 1. The van der Waals surface area contributed by atoms with E-state index < -0.39 is 24.1 Å². The van der Waals surface area contributed by atoms with E-state index in [0.29, 0.717) is 19.4 Å². The molecule has 0 aliphatic carbocycles. The average Bonchev–Trinajstić information content (AvgIpc) is 3.03. The SMILES string of the molecule is CC(NC(=O)N1CCCC1C(=O)NNc1ccccc1)C(=O)O. The van der Waals surface area contributed by atoms with Gasteiger partial charge in [-0.1, -0.05) is 18.2 Å². The Kier molecular flexibility index (Phi) is 5.40. The van der Waals surface area contributed by atoms with E-state index in [-0.39, 0.29) is 5.91 Å². The highest BCUT2D eigenvalue weighted by Crippen LogP contribution is 2.17. The van der Waals surface area contributed by atoms with Crippen LogP contribution in [0.4, 0.5) is 10.5 Å². The Balaban J connectivity index is 1.91. The molecule has 0 spiro atoms. The Bertz CT molecular complexity index is 578. The van der Waals surface area contributed by atoms with Crippen molar-refractivity contribution >= 4 is 23.6 Å². The number of carbonyl (C=O) groups excluding carboxylic acids is 2. The number of hydrazine groups is 1. The molecule has 1 fully saturated rings. The third-order valence-electron chi connectivity index (χ3n) is 3.63. The number of aliphatic carboxylic acids is 1. The number of carboxylic acid groups (broad SMARTS) is 1. The van der Waals surface area contributed by atoms with Gasteiger partial charge in [-0.3, -0.25) is 20.4 Å². The fraction of sp³-hybridized carbons (Fsp3) is 0.400. The number of carbonyl (C=O) groups is 3. The molecule has 1 aromatic rings. The van der Waals surface area contributed by atoms with Crippen molar-refractivity contribution in [2.24, 2.45) is 0 Å². The van der Waals surface area contributed by atoms with Crippen LogP contribution in [-0.2, 0) is 9.59 Å². The fourth-order valence-corrected chi connectivity index (χ4v) is 2.35. The van der Waals surface area contributed by atoms with Gasteiger partial charge in [-0.2, -0.15) is 0 Å². The van der Waals surface area contributed by atoms with E-state index in [1.807, 2.05) is 18.2 Å².